The van der Waals surface area contributed by atoms with Crippen LogP contribution in [0, 0.1) is 6.92 Å². The second kappa shape index (κ2) is 9.58. The zero-order chi connectivity index (χ0) is 22.7. The van der Waals surface area contributed by atoms with Crippen molar-refractivity contribution in [1.82, 2.24) is 19.9 Å². The summed E-state index contributed by atoms with van der Waals surface area (Å²) >= 11 is 5.51. The van der Waals surface area contributed by atoms with Crippen molar-refractivity contribution < 1.29 is 4.74 Å². The molecule has 8 heteroatoms. The second-order valence-corrected chi connectivity index (χ2v) is 8.71. The van der Waals surface area contributed by atoms with Gasteiger partial charge in [-0.15, -0.1) is 0 Å². The van der Waals surface area contributed by atoms with Crippen LogP contribution in [-0.4, -0.2) is 52.6 Å². The average molecular weight is 449 g/mol. The maximum Gasteiger partial charge on any atom is 0.227 e. The molecule has 2 N–H and O–H groups in total. The highest BCUT2D eigenvalue weighted by atomic mass is 32.1. The van der Waals surface area contributed by atoms with Gasteiger partial charge in [-0.1, -0.05) is 12.2 Å². The van der Waals surface area contributed by atoms with E-state index >= 15 is 0 Å². The first-order valence-corrected chi connectivity index (χ1v) is 11.0. The van der Waals surface area contributed by atoms with Gasteiger partial charge in [-0.2, -0.15) is 0 Å². The van der Waals surface area contributed by atoms with E-state index in [0.717, 1.165) is 64.0 Å². The molecule has 1 aliphatic rings. The number of hydrogen-bond donors (Lipinski definition) is 2. The molecule has 7 nitrogen and oxygen atoms in total. The number of benzene rings is 1. The van der Waals surface area contributed by atoms with Crippen LogP contribution in [0.3, 0.4) is 0 Å². The number of aromatic nitrogens is 3. The van der Waals surface area contributed by atoms with E-state index in [1.807, 2.05) is 37.5 Å². The third-order valence-corrected chi connectivity index (χ3v) is 5.68. The smallest absolute Gasteiger partial charge is 0.227 e. The Bertz CT molecular complexity index is 1150. The summed E-state index contributed by atoms with van der Waals surface area (Å²) in [6.45, 7) is 3.03. The molecule has 0 atom stereocenters. The molecule has 0 amide bonds. The van der Waals surface area contributed by atoms with Gasteiger partial charge in [-0.3, -0.25) is 4.98 Å². The van der Waals surface area contributed by atoms with E-state index in [0.29, 0.717) is 12.4 Å². The molecule has 1 aliphatic heterocycles. The van der Waals surface area contributed by atoms with Crippen LogP contribution >= 0.6 is 12.2 Å². The molecule has 0 spiro atoms. The van der Waals surface area contributed by atoms with E-state index in [4.69, 9.17) is 21.9 Å². The summed E-state index contributed by atoms with van der Waals surface area (Å²) in [5.74, 6) is 1.30. The molecule has 166 valence electrons. The first-order valence-electron chi connectivity index (χ1n) is 10.6. The molecule has 1 aromatic carbocycles. The molecule has 3 aromatic rings. The number of fused-ring (bicyclic) bond motifs is 3. The van der Waals surface area contributed by atoms with Gasteiger partial charge in [0.15, 0.2) is 0 Å². The molecule has 0 saturated carbocycles. The Hall–Kier alpha value is -3.10. The number of aryl methyl sites for hydroxylation is 2. The van der Waals surface area contributed by atoms with Crippen LogP contribution in [0.2, 0.25) is 0 Å². The number of anilines is 3. The molecule has 32 heavy (non-hydrogen) atoms. The molecule has 4 rings (SSSR count). The maximum atomic E-state index is 5.51. The summed E-state index contributed by atoms with van der Waals surface area (Å²) in [7, 11) is 5.83. The number of nitrogens with zero attached hydrogens (tertiary/aromatic N) is 4. The predicted octanol–water partition coefficient (Wildman–Crippen LogP) is 4.39. The van der Waals surface area contributed by atoms with E-state index < -0.39 is 0 Å². The third-order valence-electron chi connectivity index (χ3n) is 5.43. The van der Waals surface area contributed by atoms with Gasteiger partial charge in [0.05, 0.1) is 34.9 Å². The van der Waals surface area contributed by atoms with Gasteiger partial charge < -0.3 is 20.3 Å². The Morgan fingerprint density at radius 1 is 1.19 bits per heavy atom. The van der Waals surface area contributed by atoms with Crippen LogP contribution in [0.5, 0.6) is 5.75 Å². The molecule has 0 radical (unpaired) electrons. The molecular formula is C24H28N6OS. The lowest BCUT2D eigenvalue weighted by atomic mass is 10.0. The molecule has 0 aliphatic carbocycles. The van der Waals surface area contributed by atoms with Gasteiger partial charge in [0.25, 0.3) is 0 Å². The first kappa shape index (κ1) is 22.1. The van der Waals surface area contributed by atoms with Crippen molar-refractivity contribution in [3.8, 4) is 17.0 Å². The van der Waals surface area contributed by atoms with Crippen molar-refractivity contribution in [3.63, 3.8) is 0 Å². The first-order chi connectivity index (χ1) is 15.4. The Kier molecular flexibility index (Phi) is 6.62. The molecule has 0 bridgehead atoms. The minimum absolute atomic E-state index is 0.536. The van der Waals surface area contributed by atoms with E-state index in [1.165, 1.54) is 5.56 Å². The Labute approximate surface area is 194 Å². The standard InChI is InChI=1S/C24H28N6OS/c1-15-20(10-16(13-25-15)6-5-9-30(2)3)28-24-26-14-17-11-22(32)27-21-12-18(31-4)7-8-19(21)23(17)29-24/h7-8,10,12-14H,5-6,9,11H2,1-4H3,(H,27,32)(H,26,28,29). The third kappa shape index (κ3) is 5.03. The number of nitrogens with one attached hydrogen (secondary N) is 2. The quantitative estimate of drug-likeness (QED) is 0.516. The fourth-order valence-corrected chi connectivity index (χ4v) is 3.98. The summed E-state index contributed by atoms with van der Waals surface area (Å²) in [4.78, 5) is 16.9. The second-order valence-electron chi connectivity index (χ2n) is 8.21. The van der Waals surface area contributed by atoms with Gasteiger partial charge in [-0.05, 0) is 64.2 Å². The Balaban J connectivity index is 1.63. The Morgan fingerprint density at radius 2 is 2.03 bits per heavy atom. The summed E-state index contributed by atoms with van der Waals surface area (Å²) in [5.41, 5.74) is 6.74. The molecule has 3 heterocycles. The monoisotopic (exact) mass is 448 g/mol. The van der Waals surface area contributed by atoms with Gasteiger partial charge >= 0.3 is 0 Å². The van der Waals surface area contributed by atoms with Gasteiger partial charge in [-0.25, -0.2) is 9.97 Å². The average Bonchev–Trinajstić information content (AvgIpc) is 2.90. The fourth-order valence-electron chi connectivity index (χ4n) is 3.72. The summed E-state index contributed by atoms with van der Waals surface area (Å²) < 4.78 is 5.37. The number of hydrogen-bond acceptors (Lipinski definition) is 7. The highest BCUT2D eigenvalue weighted by Gasteiger charge is 2.20. The molecule has 0 fully saturated rings. The highest BCUT2D eigenvalue weighted by Crippen LogP contribution is 2.35. The SMILES string of the molecule is COc1ccc2c(c1)NC(=S)Cc1cnc(Nc3cc(CCCN(C)C)cnc3C)nc1-2. The van der Waals surface area contributed by atoms with Crippen LogP contribution in [0.1, 0.15) is 23.2 Å². The molecular weight excluding hydrogens is 420 g/mol. The van der Waals surface area contributed by atoms with Crippen molar-refractivity contribution in [2.45, 2.75) is 26.2 Å². The summed E-state index contributed by atoms with van der Waals surface area (Å²) in [5, 5.41) is 6.68. The summed E-state index contributed by atoms with van der Waals surface area (Å²) in [6, 6.07) is 8.02. The van der Waals surface area contributed by atoms with Crippen LogP contribution in [0.25, 0.3) is 11.3 Å². The van der Waals surface area contributed by atoms with Gasteiger partial charge in [0.1, 0.15) is 5.75 Å². The minimum atomic E-state index is 0.536. The van der Waals surface area contributed by atoms with E-state index in [2.05, 4.69) is 45.7 Å². The Morgan fingerprint density at radius 3 is 2.81 bits per heavy atom. The van der Waals surface area contributed by atoms with Crippen molar-refractivity contribution in [1.29, 1.82) is 0 Å². The zero-order valence-corrected chi connectivity index (χ0v) is 19.7. The van der Waals surface area contributed by atoms with Gasteiger partial charge in [0, 0.05) is 36.0 Å². The van der Waals surface area contributed by atoms with Crippen LogP contribution in [0.15, 0.2) is 36.7 Å². The fraction of sp³-hybridized carbons (Fsp3) is 0.333. The van der Waals surface area contributed by atoms with Crippen LogP contribution in [-0.2, 0) is 12.8 Å². The number of pyridine rings is 1. The zero-order valence-electron chi connectivity index (χ0n) is 18.9. The lowest BCUT2D eigenvalue weighted by Crippen LogP contribution is -2.13. The van der Waals surface area contributed by atoms with E-state index in [9.17, 15) is 0 Å². The molecule has 0 unspecified atom stereocenters. The van der Waals surface area contributed by atoms with E-state index in [1.54, 1.807) is 7.11 Å². The molecule has 0 saturated heterocycles. The largest absolute Gasteiger partial charge is 0.497 e. The number of ether oxygens (including phenoxy) is 1. The number of methoxy groups -OCH3 is 1. The van der Waals surface area contributed by atoms with Crippen molar-refractivity contribution in [3.05, 3.63) is 53.5 Å². The summed E-state index contributed by atoms with van der Waals surface area (Å²) in [6.07, 6.45) is 6.44. The topological polar surface area (TPSA) is 75.2 Å². The van der Waals surface area contributed by atoms with Gasteiger partial charge in [0.2, 0.25) is 5.95 Å². The normalized spacial score (nSPS) is 12.6. The number of thiocarbonyl (C=S) groups is 1. The van der Waals surface area contributed by atoms with Crippen LogP contribution < -0.4 is 15.4 Å². The maximum absolute atomic E-state index is 5.51. The predicted molar refractivity (Wildman–Crippen MR) is 133 cm³/mol. The lowest BCUT2D eigenvalue weighted by molar-refractivity contribution is 0.400. The van der Waals surface area contributed by atoms with Crippen molar-refractivity contribution in [2.24, 2.45) is 0 Å². The van der Waals surface area contributed by atoms with Crippen molar-refractivity contribution >= 4 is 34.5 Å². The lowest BCUT2D eigenvalue weighted by Gasteiger charge is -2.13. The van der Waals surface area contributed by atoms with E-state index in [-0.39, 0.29) is 0 Å². The number of rotatable bonds is 7. The highest BCUT2D eigenvalue weighted by molar-refractivity contribution is 7.80. The van der Waals surface area contributed by atoms with Crippen LogP contribution in [0.4, 0.5) is 17.3 Å². The van der Waals surface area contributed by atoms with Crippen molar-refractivity contribution in [2.75, 3.05) is 38.4 Å². The molecule has 2 aromatic heterocycles. The minimum Gasteiger partial charge on any atom is -0.497 e.